The normalized spacial score (nSPS) is 22.4. The van der Waals surface area contributed by atoms with E-state index in [4.69, 9.17) is 5.73 Å². The lowest BCUT2D eigenvalue weighted by molar-refractivity contribution is -0.121. The molecular weight excluding hydrogens is 260 g/mol. The number of amides is 1. The third-order valence-electron chi connectivity index (χ3n) is 3.95. The summed E-state index contributed by atoms with van der Waals surface area (Å²) in [6, 6.07) is 7.91. The number of anilines is 1. The second kappa shape index (κ2) is 7.51. The molecule has 1 aromatic rings. The van der Waals surface area contributed by atoms with Crippen molar-refractivity contribution in [2.75, 3.05) is 11.9 Å². The highest BCUT2D eigenvalue weighted by molar-refractivity contribution is 5.93. The summed E-state index contributed by atoms with van der Waals surface area (Å²) in [5.41, 5.74) is 7.71. The highest BCUT2D eigenvalue weighted by Gasteiger charge is 2.25. The third kappa shape index (κ3) is 4.22. The van der Waals surface area contributed by atoms with Crippen molar-refractivity contribution in [2.24, 2.45) is 17.6 Å². The number of rotatable bonds is 3. The number of benzene rings is 1. The van der Waals surface area contributed by atoms with Gasteiger partial charge in [-0.25, -0.2) is 0 Å². The quantitative estimate of drug-likeness (QED) is 0.895. The molecule has 0 aromatic heterocycles. The Morgan fingerprint density at radius 2 is 1.89 bits per heavy atom. The van der Waals surface area contributed by atoms with E-state index in [1.807, 2.05) is 31.2 Å². The van der Waals surface area contributed by atoms with Crippen molar-refractivity contribution in [3.05, 3.63) is 29.8 Å². The van der Waals surface area contributed by atoms with Crippen LogP contribution in [0.2, 0.25) is 0 Å². The zero-order valence-electron chi connectivity index (χ0n) is 11.4. The lowest BCUT2D eigenvalue weighted by Crippen LogP contribution is -2.29. The molecule has 1 aromatic carbocycles. The molecule has 1 fully saturated rings. The van der Waals surface area contributed by atoms with Crippen molar-refractivity contribution in [1.82, 2.24) is 0 Å². The maximum atomic E-state index is 12.2. The van der Waals surface area contributed by atoms with Crippen LogP contribution < -0.4 is 11.1 Å². The molecule has 0 spiro atoms. The Bertz CT molecular complexity index is 414. The van der Waals surface area contributed by atoms with Crippen molar-refractivity contribution in [2.45, 2.75) is 32.6 Å². The Kier molecular flexibility index (Phi) is 6.32. The van der Waals surface area contributed by atoms with Crippen molar-refractivity contribution in [3.8, 4) is 0 Å². The summed E-state index contributed by atoms with van der Waals surface area (Å²) in [4.78, 5) is 12.2. The van der Waals surface area contributed by atoms with Gasteiger partial charge in [-0.15, -0.1) is 12.4 Å². The Hall–Kier alpha value is -1.06. The first kappa shape index (κ1) is 16.0. The van der Waals surface area contributed by atoms with Crippen LogP contribution in [0.25, 0.3) is 0 Å². The molecule has 3 nitrogen and oxygen atoms in total. The standard InChI is InChI=1S/C15H22N2O.ClH/c1-11-4-2-3-5-14(11)17-15(18)13-8-6-12(10-16)7-9-13;/h2-5,12-13H,6-10,16H2,1H3,(H,17,18);1H. The second-order valence-corrected chi connectivity index (χ2v) is 5.26. The van der Waals surface area contributed by atoms with Crippen LogP contribution in [-0.4, -0.2) is 12.5 Å². The van der Waals surface area contributed by atoms with E-state index in [1.165, 1.54) is 0 Å². The SMILES string of the molecule is Cc1ccccc1NC(=O)C1CCC(CN)CC1.Cl. The van der Waals surface area contributed by atoms with Gasteiger partial charge < -0.3 is 11.1 Å². The average molecular weight is 283 g/mol. The van der Waals surface area contributed by atoms with Gasteiger partial charge in [-0.3, -0.25) is 4.79 Å². The molecule has 0 heterocycles. The first-order chi connectivity index (χ1) is 8.70. The Morgan fingerprint density at radius 3 is 2.47 bits per heavy atom. The van der Waals surface area contributed by atoms with Gasteiger partial charge in [0.2, 0.25) is 5.91 Å². The van der Waals surface area contributed by atoms with Crippen LogP contribution >= 0.6 is 12.4 Å². The number of carbonyl (C=O) groups excluding carboxylic acids is 1. The molecule has 1 amide bonds. The largest absolute Gasteiger partial charge is 0.330 e. The molecule has 19 heavy (non-hydrogen) atoms. The number of para-hydroxylation sites is 1. The average Bonchev–Trinajstić information content (AvgIpc) is 2.41. The van der Waals surface area contributed by atoms with E-state index >= 15 is 0 Å². The summed E-state index contributed by atoms with van der Waals surface area (Å²) in [5, 5.41) is 3.04. The van der Waals surface area contributed by atoms with Crippen LogP contribution in [-0.2, 0) is 4.79 Å². The zero-order valence-corrected chi connectivity index (χ0v) is 12.2. The molecule has 0 unspecified atom stereocenters. The molecule has 3 N–H and O–H groups in total. The lowest BCUT2D eigenvalue weighted by Gasteiger charge is -2.26. The maximum Gasteiger partial charge on any atom is 0.227 e. The van der Waals surface area contributed by atoms with Gasteiger partial charge in [0, 0.05) is 11.6 Å². The molecule has 2 rings (SSSR count). The summed E-state index contributed by atoms with van der Waals surface area (Å²) >= 11 is 0. The van der Waals surface area contributed by atoms with E-state index in [9.17, 15) is 4.79 Å². The molecule has 0 bridgehead atoms. The molecule has 1 saturated carbocycles. The van der Waals surface area contributed by atoms with Crippen LogP contribution in [0.15, 0.2) is 24.3 Å². The molecule has 1 aliphatic carbocycles. The van der Waals surface area contributed by atoms with Gasteiger partial charge in [-0.2, -0.15) is 0 Å². The van der Waals surface area contributed by atoms with Crippen LogP contribution in [0.5, 0.6) is 0 Å². The first-order valence-electron chi connectivity index (χ1n) is 6.77. The Balaban J connectivity index is 0.00000180. The fourth-order valence-electron chi connectivity index (χ4n) is 2.61. The summed E-state index contributed by atoms with van der Waals surface area (Å²) in [5.74, 6) is 0.944. The highest BCUT2D eigenvalue weighted by atomic mass is 35.5. The van der Waals surface area contributed by atoms with Crippen LogP contribution in [0, 0.1) is 18.8 Å². The molecule has 106 valence electrons. The molecule has 0 radical (unpaired) electrons. The van der Waals surface area contributed by atoms with Gasteiger partial charge in [-0.05, 0) is 56.7 Å². The van der Waals surface area contributed by atoms with Gasteiger partial charge >= 0.3 is 0 Å². The van der Waals surface area contributed by atoms with Crippen molar-refractivity contribution in [1.29, 1.82) is 0 Å². The minimum atomic E-state index is 0. The van der Waals surface area contributed by atoms with E-state index < -0.39 is 0 Å². The van der Waals surface area contributed by atoms with Crippen molar-refractivity contribution >= 4 is 24.0 Å². The minimum Gasteiger partial charge on any atom is -0.330 e. The number of carbonyl (C=O) groups is 1. The van der Waals surface area contributed by atoms with Gasteiger partial charge in [0.1, 0.15) is 0 Å². The smallest absolute Gasteiger partial charge is 0.227 e. The second-order valence-electron chi connectivity index (χ2n) is 5.26. The van der Waals surface area contributed by atoms with Gasteiger partial charge in [0.05, 0.1) is 0 Å². The van der Waals surface area contributed by atoms with Gasteiger partial charge in [-0.1, -0.05) is 18.2 Å². The molecule has 1 aliphatic rings. The molecule has 0 saturated heterocycles. The number of hydrogen-bond acceptors (Lipinski definition) is 2. The van der Waals surface area contributed by atoms with E-state index in [-0.39, 0.29) is 24.2 Å². The maximum absolute atomic E-state index is 12.2. The summed E-state index contributed by atoms with van der Waals surface area (Å²) in [6.45, 7) is 2.77. The van der Waals surface area contributed by atoms with E-state index in [0.717, 1.165) is 43.5 Å². The highest BCUT2D eigenvalue weighted by Crippen LogP contribution is 2.29. The Morgan fingerprint density at radius 1 is 1.26 bits per heavy atom. The topological polar surface area (TPSA) is 55.1 Å². The van der Waals surface area contributed by atoms with Crippen molar-refractivity contribution in [3.63, 3.8) is 0 Å². The fourth-order valence-corrected chi connectivity index (χ4v) is 2.61. The number of hydrogen-bond donors (Lipinski definition) is 2. The third-order valence-corrected chi connectivity index (χ3v) is 3.95. The number of nitrogens with two attached hydrogens (primary N) is 1. The van der Waals surface area contributed by atoms with Gasteiger partial charge in [0.25, 0.3) is 0 Å². The zero-order chi connectivity index (χ0) is 13.0. The van der Waals surface area contributed by atoms with Crippen LogP contribution in [0.1, 0.15) is 31.2 Å². The molecule has 4 heteroatoms. The molecule has 0 atom stereocenters. The van der Waals surface area contributed by atoms with Crippen molar-refractivity contribution < 1.29 is 4.79 Å². The fraction of sp³-hybridized carbons (Fsp3) is 0.533. The summed E-state index contributed by atoms with van der Waals surface area (Å²) in [6.07, 6.45) is 4.11. The van der Waals surface area contributed by atoms with E-state index in [2.05, 4.69) is 5.32 Å². The minimum absolute atomic E-state index is 0. The van der Waals surface area contributed by atoms with Gasteiger partial charge in [0.15, 0.2) is 0 Å². The number of nitrogens with one attached hydrogen (secondary N) is 1. The number of halogens is 1. The molecule has 0 aliphatic heterocycles. The monoisotopic (exact) mass is 282 g/mol. The van der Waals surface area contributed by atoms with E-state index in [0.29, 0.717) is 5.92 Å². The predicted molar refractivity (Wildman–Crippen MR) is 81.6 cm³/mol. The van der Waals surface area contributed by atoms with Crippen LogP contribution in [0.4, 0.5) is 5.69 Å². The predicted octanol–water partition coefficient (Wildman–Crippen LogP) is 3.12. The number of aryl methyl sites for hydroxylation is 1. The first-order valence-corrected chi connectivity index (χ1v) is 6.77. The molecular formula is C15H23ClN2O. The van der Waals surface area contributed by atoms with E-state index in [1.54, 1.807) is 0 Å². The van der Waals surface area contributed by atoms with Crippen LogP contribution in [0.3, 0.4) is 0 Å². The lowest BCUT2D eigenvalue weighted by atomic mass is 9.81. The summed E-state index contributed by atoms with van der Waals surface area (Å²) in [7, 11) is 0. The summed E-state index contributed by atoms with van der Waals surface area (Å²) < 4.78 is 0. The Labute approximate surface area is 121 Å².